The van der Waals surface area contributed by atoms with Gasteiger partial charge in [-0.1, -0.05) is 48.0 Å². The fourth-order valence-electron chi connectivity index (χ4n) is 3.47. The summed E-state index contributed by atoms with van der Waals surface area (Å²) in [5.41, 5.74) is 5.20. The Kier molecular flexibility index (Phi) is 8.79. The number of benzene rings is 2. The van der Waals surface area contributed by atoms with E-state index in [1.807, 2.05) is 42.5 Å². The van der Waals surface area contributed by atoms with E-state index in [2.05, 4.69) is 10.7 Å². The Bertz CT molecular complexity index is 978. The number of hydrogen-bond donors (Lipinski definition) is 4. The van der Waals surface area contributed by atoms with E-state index >= 15 is 0 Å². The molecule has 3 rings (SSSR count). The molecule has 10 heteroatoms. The maximum atomic E-state index is 12.4. The summed E-state index contributed by atoms with van der Waals surface area (Å²) in [6.45, 7) is 1.80. The van der Waals surface area contributed by atoms with Crippen LogP contribution < -0.4 is 10.7 Å². The van der Waals surface area contributed by atoms with Crippen molar-refractivity contribution in [3.63, 3.8) is 0 Å². The van der Waals surface area contributed by atoms with Gasteiger partial charge in [0, 0.05) is 30.6 Å². The molecule has 0 aromatic heterocycles. The molecule has 9 nitrogen and oxygen atoms in total. The number of morpholine rings is 1. The van der Waals surface area contributed by atoms with E-state index in [0.29, 0.717) is 31.3 Å². The molecule has 0 bridgehead atoms. The number of amides is 2. The van der Waals surface area contributed by atoms with Crippen LogP contribution in [0.2, 0.25) is 5.02 Å². The van der Waals surface area contributed by atoms with E-state index in [1.54, 1.807) is 11.1 Å². The summed E-state index contributed by atoms with van der Waals surface area (Å²) in [5.74, 6) is -3.16. The molecule has 2 unspecified atom stereocenters. The molecule has 2 amide bonds. The lowest BCUT2D eigenvalue weighted by Gasteiger charge is -2.27. The summed E-state index contributed by atoms with van der Waals surface area (Å²) >= 11 is 6.05. The Morgan fingerprint density at radius 2 is 1.73 bits per heavy atom. The van der Waals surface area contributed by atoms with Crippen LogP contribution in [0.5, 0.6) is 0 Å². The summed E-state index contributed by atoms with van der Waals surface area (Å²) in [5, 5.41) is 23.6. The van der Waals surface area contributed by atoms with Gasteiger partial charge < -0.3 is 20.3 Å². The number of carboxylic acid groups (broad SMARTS) is 1. The zero-order valence-corrected chi connectivity index (χ0v) is 18.6. The number of hydrazine groups is 1. The van der Waals surface area contributed by atoms with E-state index in [4.69, 9.17) is 21.4 Å². The number of nitrogens with zero attached hydrogens (tertiary/aromatic N) is 1. The van der Waals surface area contributed by atoms with Gasteiger partial charge in [-0.15, -0.1) is 0 Å². The number of carbonyl (C=O) groups is 3. The Balaban J connectivity index is 1.66. The molecule has 0 radical (unpaired) electrons. The van der Waals surface area contributed by atoms with Crippen molar-refractivity contribution in [2.24, 2.45) is 0 Å². The smallest absolute Gasteiger partial charge is 0.332 e. The third kappa shape index (κ3) is 7.54. The van der Waals surface area contributed by atoms with Gasteiger partial charge in [0.2, 0.25) is 0 Å². The first-order chi connectivity index (χ1) is 15.8. The SMILES string of the molecule is O=C(NC(Cc1ccc(-c2cccc(Cl)c2)cc1)CC(O)C(=O)O)C(=O)NN1CCOCC1. The molecule has 0 spiro atoms. The Morgan fingerprint density at radius 1 is 1.03 bits per heavy atom. The van der Waals surface area contributed by atoms with Crippen molar-refractivity contribution in [2.75, 3.05) is 26.3 Å². The van der Waals surface area contributed by atoms with Crippen LogP contribution in [0.15, 0.2) is 48.5 Å². The van der Waals surface area contributed by atoms with E-state index in [9.17, 15) is 19.5 Å². The highest BCUT2D eigenvalue weighted by Gasteiger charge is 2.25. The van der Waals surface area contributed by atoms with Crippen molar-refractivity contribution in [1.29, 1.82) is 0 Å². The van der Waals surface area contributed by atoms with E-state index < -0.39 is 29.9 Å². The molecule has 33 heavy (non-hydrogen) atoms. The van der Waals surface area contributed by atoms with Crippen LogP contribution in [0.4, 0.5) is 0 Å². The molecule has 0 saturated carbocycles. The largest absolute Gasteiger partial charge is 0.479 e. The number of rotatable bonds is 8. The number of ether oxygens (including phenoxy) is 1. The highest BCUT2D eigenvalue weighted by atomic mass is 35.5. The maximum Gasteiger partial charge on any atom is 0.332 e. The standard InChI is InChI=1S/C23H26ClN3O6/c24-18-3-1-2-17(13-18)16-6-4-15(5-7-16)12-19(14-20(28)23(31)32)25-21(29)22(30)26-27-8-10-33-11-9-27/h1-7,13,19-20,28H,8-12,14H2,(H,25,29)(H,26,30)(H,31,32). The number of aliphatic hydroxyl groups excluding tert-OH is 1. The van der Waals surface area contributed by atoms with Crippen LogP contribution in [-0.2, 0) is 25.5 Å². The summed E-state index contributed by atoms with van der Waals surface area (Å²) in [6.07, 6.45) is -1.69. The molecule has 1 fully saturated rings. The van der Waals surface area contributed by atoms with Crippen molar-refractivity contribution < 1.29 is 29.3 Å². The first-order valence-electron chi connectivity index (χ1n) is 10.5. The minimum Gasteiger partial charge on any atom is -0.479 e. The van der Waals surface area contributed by atoms with Gasteiger partial charge in [-0.25, -0.2) is 9.80 Å². The van der Waals surface area contributed by atoms with E-state index in [1.165, 1.54) is 0 Å². The summed E-state index contributed by atoms with van der Waals surface area (Å²) < 4.78 is 5.20. The third-order valence-electron chi connectivity index (χ3n) is 5.20. The Hall–Kier alpha value is -2.98. The summed E-state index contributed by atoms with van der Waals surface area (Å²) in [4.78, 5) is 35.8. The van der Waals surface area contributed by atoms with Gasteiger partial charge >= 0.3 is 17.8 Å². The van der Waals surface area contributed by atoms with Gasteiger partial charge in [0.1, 0.15) is 0 Å². The van der Waals surface area contributed by atoms with E-state index in [0.717, 1.165) is 16.7 Å². The van der Waals surface area contributed by atoms with Gasteiger partial charge in [-0.05, 0) is 35.2 Å². The zero-order valence-electron chi connectivity index (χ0n) is 17.9. The molecule has 1 saturated heterocycles. The molecule has 0 aliphatic carbocycles. The fraction of sp³-hybridized carbons (Fsp3) is 0.348. The Labute approximate surface area is 196 Å². The van der Waals surface area contributed by atoms with Crippen molar-refractivity contribution in [2.45, 2.75) is 25.0 Å². The van der Waals surface area contributed by atoms with Crippen LogP contribution in [0, 0.1) is 0 Å². The van der Waals surface area contributed by atoms with Crippen LogP contribution in [-0.4, -0.2) is 71.5 Å². The molecular weight excluding hydrogens is 450 g/mol. The van der Waals surface area contributed by atoms with Crippen LogP contribution in [0.1, 0.15) is 12.0 Å². The lowest BCUT2D eigenvalue weighted by Crippen LogP contribution is -2.54. The van der Waals surface area contributed by atoms with Crippen LogP contribution in [0.25, 0.3) is 11.1 Å². The molecule has 1 heterocycles. The number of aliphatic hydroxyl groups is 1. The number of hydrogen-bond acceptors (Lipinski definition) is 6. The quantitative estimate of drug-likeness (QED) is 0.423. The predicted molar refractivity (Wildman–Crippen MR) is 121 cm³/mol. The molecule has 2 aromatic carbocycles. The second kappa shape index (κ2) is 11.8. The average molecular weight is 476 g/mol. The monoisotopic (exact) mass is 475 g/mol. The zero-order chi connectivity index (χ0) is 23.8. The van der Waals surface area contributed by atoms with Crippen LogP contribution in [0.3, 0.4) is 0 Å². The number of halogens is 1. The minimum absolute atomic E-state index is 0.233. The van der Waals surface area contributed by atoms with Crippen molar-refractivity contribution >= 4 is 29.4 Å². The second-order valence-corrected chi connectivity index (χ2v) is 8.15. The lowest BCUT2D eigenvalue weighted by molar-refractivity contribution is -0.148. The predicted octanol–water partition coefficient (Wildman–Crippen LogP) is 1.23. The Morgan fingerprint density at radius 3 is 2.36 bits per heavy atom. The topological polar surface area (TPSA) is 128 Å². The lowest BCUT2D eigenvalue weighted by atomic mass is 9.98. The molecule has 176 valence electrons. The summed E-state index contributed by atoms with van der Waals surface area (Å²) in [6, 6.07) is 14.1. The van der Waals surface area contributed by atoms with Gasteiger partial charge in [0.05, 0.1) is 13.2 Å². The average Bonchev–Trinajstić information content (AvgIpc) is 2.80. The number of carbonyl (C=O) groups excluding carboxylic acids is 2. The first-order valence-corrected chi connectivity index (χ1v) is 10.9. The molecule has 4 N–H and O–H groups in total. The van der Waals surface area contributed by atoms with Gasteiger partial charge in [0.15, 0.2) is 6.10 Å². The van der Waals surface area contributed by atoms with E-state index in [-0.39, 0.29) is 12.8 Å². The molecule has 1 aliphatic heterocycles. The fourth-order valence-corrected chi connectivity index (χ4v) is 3.66. The number of nitrogens with one attached hydrogen (secondary N) is 2. The molecule has 2 aromatic rings. The highest BCUT2D eigenvalue weighted by molar-refractivity contribution is 6.35. The number of carboxylic acids is 1. The van der Waals surface area contributed by atoms with Gasteiger partial charge in [0.25, 0.3) is 0 Å². The second-order valence-electron chi connectivity index (χ2n) is 7.71. The highest BCUT2D eigenvalue weighted by Crippen LogP contribution is 2.23. The minimum atomic E-state index is -1.68. The van der Waals surface area contributed by atoms with Crippen molar-refractivity contribution in [3.05, 3.63) is 59.1 Å². The van der Waals surface area contributed by atoms with Gasteiger partial charge in [-0.2, -0.15) is 0 Å². The summed E-state index contributed by atoms with van der Waals surface area (Å²) in [7, 11) is 0. The van der Waals surface area contributed by atoms with Crippen molar-refractivity contribution in [1.82, 2.24) is 15.8 Å². The van der Waals surface area contributed by atoms with Crippen LogP contribution >= 0.6 is 11.6 Å². The molecular formula is C23H26ClN3O6. The third-order valence-corrected chi connectivity index (χ3v) is 5.43. The first kappa shape index (κ1) is 24.7. The molecule has 1 aliphatic rings. The van der Waals surface area contributed by atoms with Gasteiger partial charge in [-0.3, -0.25) is 15.0 Å². The number of aliphatic carboxylic acids is 1. The normalized spacial score (nSPS) is 15.9. The molecule has 2 atom stereocenters. The maximum absolute atomic E-state index is 12.4. The van der Waals surface area contributed by atoms with Crippen molar-refractivity contribution in [3.8, 4) is 11.1 Å².